The van der Waals surface area contributed by atoms with E-state index in [0.717, 1.165) is 5.75 Å². The Kier molecular flexibility index (Phi) is 7.90. The highest BCUT2D eigenvalue weighted by molar-refractivity contribution is 7.80. The van der Waals surface area contributed by atoms with Crippen LogP contribution in [0.1, 0.15) is 10.4 Å². The van der Waals surface area contributed by atoms with Gasteiger partial charge in [0.1, 0.15) is 24.7 Å². The van der Waals surface area contributed by atoms with E-state index in [-0.39, 0.29) is 11.0 Å². The Morgan fingerprint density at radius 3 is 2.13 bits per heavy atom. The lowest BCUT2D eigenvalue weighted by molar-refractivity contribution is 0.0977. The zero-order chi connectivity index (χ0) is 21.3. The number of benzene rings is 3. The summed E-state index contributed by atoms with van der Waals surface area (Å²) in [5.74, 6) is 0.933. The molecule has 0 bridgehead atoms. The molecule has 3 aromatic rings. The number of hydrogen-bond acceptors (Lipinski definition) is 4. The van der Waals surface area contributed by atoms with Crippen molar-refractivity contribution in [3.8, 4) is 11.5 Å². The second-order valence-corrected chi connectivity index (χ2v) is 7.27. The third kappa shape index (κ3) is 6.35. The largest absolute Gasteiger partial charge is 0.490 e. The molecular formula is C22H18Cl2N2O3S. The maximum absolute atomic E-state index is 12.5. The van der Waals surface area contributed by atoms with Crippen LogP contribution in [0.25, 0.3) is 0 Å². The molecule has 3 rings (SSSR count). The van der Waals surface area contributed by atoms with Gasteiger partial charge >= 0.3 is 0 Å². The van der Waals surface area contributed by atoms with Crippen molar-refractivity contribution < 1.29 is 14.3 Å². The number of amides is 1. The van der Waals surface area contributed by atoms with E-state index in [1.807, 2.05) is 30.3 Å². The van der Waals surface area contributed by atoms with Gasteiger partial charge < -0.3 is 14.8 Å². The molecule has 0 fully saturated rings. The Bertz CT molecular complexity index is 1010. The van der Waals surface area contributed by atoms with Crippen molar-refractivity contribution in [2.75, 3.05) is 18.5 Å². The number of anilines is 1. The lowest BCUT2D eigenvalue weighted by Gasteiger charge is -2.13. The summed E-state index contributed by atoms with van der Waals surface area (Å²) in [7, 11) is 0. The van der Waals surface area contributed by atoms with Crippen LogP contribution in [0.4, 0.5) is 5.69 Å². The van der Waals surface area contributed by atoms with Crippen molar-refractivity contribution in [2.45, 2.75) is 0 Å². The van der Waals surface area contributed by atoms with Crippen molar-refractivity contribution >= 4 is 52.1 Å². The van der Waals surface area contributed by atoms with E-state index in [9.17, 15) is 4.79 Å². The number of rotatable bonds is 7. The molecule has 0 atom stereocenters. The monoisotopic (exact) mass is 460 g/mol. The van der Waals surface area contributed by atoms with Gasteiger partial charge in [-0.2, -0.15) is 0 Å². The SMILES string of the molecule is O=C(NC(=S)Nc1c(Cl)cccc1Cl)c1cccc(OCCOc2ccccc2)c1. The first kappa shape index (κ1) is 21.9. The van der Waals surface area contributed by atoms with Crippen LogP contribution in [0.5, 0.6) is 11.5 Å². The first-order chi connectivity index (χ1) is 14.5. The highest BCUT2D eigenvalue weighted by atomic mass is 35.5. The van der Waals surface area contributed by atoms with Gasteiger partial charge in [-0.05, 0) is 54.7 Å². The molecule has 5 nitrogen and oxygen atoms in total. The number of halogens is 2. The van der Waals surface area contributed by atoms with Crippen molar-refractivity contribution in [1.29, 1.82) is 0 Å². The van der Waals surface area contributed by atoms with Crippen molar-refractivity contribution in [2.24, 2.45) is 0 Å². The van der Waals surface area contributed by atoms with Gasteiger partial charge in [-0.25, -0.2) is 0 Å². The predicted molar refractivity (Wildman–Crippen MR) is 124 cm³/mol. The van der Waals surface area contributed by atoms with Crippen molar-refractivity contribution in [3.05, 3.63) is 88.4 Å². The molecule has 30 heavy (non-hydrogen) atoms. The molecule has 154 valence electrons. The fourth-order valence-electron chi connectivity index (χ4n) is 2.50. The maximum atomic E-state index is 12.5. The highest BCUT2D eigenvalue weighted by Gasteiger charge is 2.12. The van der Waals surface area contributed by atoms with E-state index in [2.05, 4.69) is 10.6 Å². The molecule has 0 saturated heterocycles. The zero-order valence-electron chi connectivity index (χ0n) is 15.7. The Morgan fingerprint density at radius 1 is 0.833 bits per heavy atom. The first-order valence-electron chi connectivity index (χ1n) is 9.00. The zero-order valence-corrected chi connectivity index (χ0v) is 18.1. The number of carbonyl (C=O) groups is 1. The van der Waals surface area contributed by atoms with E-state index >= 15 is 0 Å². The van der Waals surface area contributed by atoms with Crippen LogP contribution in [0.2, 0.25) is 10.0 Å². The lowest BCUT2D eigenvalue weighted by Crippen LogP contribution is -2.34. The van der Waals surface area contributed by atoms with Crippen LogP contribution >= 0.6 is 35.4 Å². The number of hydrogen-bond donors (Lipinski definition) is 2. The Hall–Kier alpha value is -2.80. The first-order valence-corrected chi connectivity index (χ1v) is 10.2. The van der Waals surface area contributed by atoms with E-state index in [1.54, 1.807) is 42.5 Å². The van der Waals surface area contributed by atoms with Gasteiger partial charge in [-0.1, -0.05) is 53.5 Å². The second kappa shape index (κ2) is 10.8. The molecule has 2 N–H and O–H groups in total. The molecule has 0 unspecified atom stereocenters. The normalized spacial score (nSPS) is 10.2. The topological polar surface area (TPSA) is 59.6 Å². The summed E-state index contributed by atoms with van der Waals surface area (Å²) in [6.07, 6.45) is 0. The number of para-hydroxylation sites is 2. The molecule has 3 aromatic carbocycles. The fourth-order valence-corrected chi connectivity index (χ4v) is 3.19. The second-order valence-electron chi connectivity index (χ2n) is 6.04. The van der Waals surface area contributed by atoms with Crippen LogP contribution in [0.3, 0.4) is 0 Å². The average Bonchev–Trinajstić information content (AvgIpc) is 2.75. The van der Waals surface area contributed by atoms with Gasteiger partial charge in [0.25, 0.3) is 5.91 Å². The summed E-state index contributed by atoms with van der Waals surface area (Å²) in [5, 5.41) is 6.31. The van der Waals surface area contributed by atoms with Crippen LogP contribution in [0, 0.1) is 0 Å². The Balaban J connectivity index is 1.52. The highest BCUT2D eigenvalue weighted by Crippen LogP contribution is 2.29. The summed E-state index contributed by atoms with van der Waals surface area (Å²) < 4.78 is 11.2. The van der Waals surface area contributed by atoms with Gasteiger partial charge in [-0.15, -0.1) is 0 Å². The molecule has 1 amide bonds. The maximum Gasteiger partial charge on any atom is 0.257 e. The molecule has 0 aromatic heterocycles. The number of ether oxygens (including phenoxy) is 2. The minimum absolute atomic E-state index is 0.0811. The molecule has 0 radical (unpaired) electrons. The quantitative estimate of drug-likeness (QED) is 0.356. The van der Waals surface area contributed by atoms with E-state index in [1.165, 1.54) is 0 Å². The lowest BCUT2D eigenvalue weighted by atomic mass is 10.2. The molecule has 0 spiro atoms. The van der Waals surface area contributed by atoms with Crippen LogP contribution in [0.15, 0.2) is 72.8 Å². The average molecular weight is 461 g/mol. The molecule has 0 heterocycles. The summed E-state index contributed by atoms with van der Waals surface area (Å²) in [6, 6.07) is 21.3. The minimum Gasteiger partial charge on any atom is -0.490 e. The third-order valence-electron chi connectivity index (χ3n) is 3.89. The number of thiocarbonyl (C=S) groups is 1. The van der Waals surface area contributed by atoms with Gasteiger partial charge in [0.2, 0.25) is 0 Å². The molecular weight excluding hydrogens is 443 g/mol. The summed E-state index contributed by atoms with van der Waals surface area (Å²) >= 11 is 17.4. The van der Waals surface area contributed by atoms with Gasteiger partial charge in [-0.3, -0.25) is 10.1 Å². The molecule has 8 heteroatoms. The number of carbonyl (C=O) groups excluding carboxylic acids is 1. The predicted octanol–water partition coefficient (Wildman–Crippen LogP) is 5.58. The summed E-state index contributed by atoms with van der Waals surface area (Å²) in [5.41, 5.74) is 0.826. The van der Waals surface area contributed by atoms with Crippen LogP contribution in [-0.2, 0) is 0 Å². The van der Waals surface area contributed by atoms with E-state index < -0.39 is 0 Å². The van der Waals surface area contributed by atoms with Crippen LogP contribution < -0.4 is 20.1 Å². The fraction of sp³-hybridized carbons (Fsp3) is 0.0909. The van der Waals surface area contributed by atoms with E-state index in [4.69, 9.17) is 44.9 Å². The smallest absolute Gasteiger partial charge is 0.257 e. The summed E-state index contributed by atoms with van der Waals surface area (Å²) in [4.78, 5) is 12.5. The molecule has 0 aliphatic rings. The van der Waals surface area contributed by atoms with Gasteiger partial charge in [0.15, 0.2) is 5.11 Å². The Labute approximate surface area is 189 Å². The minimum atomic E-state index is -0.387. The van der Waals surface area contributed by atoms with E-state index in [0.29, 0.717) is 40.3 Å². The third-order valence-corrected chi connectivity index (χ3v) is 4.72. The molecule has 0 aliphatic heterocycles. The van der Waals surface area contributed by atoms with Crippen molar-refractivity contribution in [3.63, 3.8) is 0 Å². The molecule has 0 saturated carbocycles. The molecule has 0 aliphatic carbocycles. The standard InChI is InChI=1S/C22H18Cl2N2O3S/c23-18-10-5-11-19(24)20(18)25-22(30)26-21(27)15-6-4-9-17(14-15)29-13-12-28-16-7-2-1-3-8-16/h1-11,14H,12-13H2,(H2,25,26,27,30). The van der Waals surface area contributed by atoms with Gasteiger partial charge in [0, 0.05) is 5.56 Å². The summed E-state index contributed by atoms with van der Waals surface area (Å²) in [6.45, 7) is 0.720. The Morgan fingerprint density at radius 2 is 1.43 bits per heavy atom. The van der Waals surface area contributed by atoms with Crippen LogP contribution in [-0.4, -0.2) is 24.2 Å². The van der Waals surface area contributed by atoms with Gasteiger partial charge in [0.05, 0.1) is 15.7 Å². The number of nitrogens with one attached hydrogen (secondary N) is 2. The van der Waals surface area contributed by atoms with Crippen molar-refractivity contribution in [1.82, 2.24) is 5.32 Å².